The van der Waals surface area contributed by atoms with Crippen molar-refractivity contribution in [2.75, 3.05) is 25.4 Å². The maximum absolute atomic E-state index is 12.9. The van der Waals surface area contributed by atoms with E-state index in [4.69, 9.17) is 5.26 Å². The Morgan fingerprint density at radius 3 is 2.66 bits per heavy atom. The molecule has 1 saturated heterocycles. The predicted molar refractivity (Wildman–Crippen MR) is 130 cm³/mol. The molecule has 0 radical (unpaired) electrons. The number of hydrogen-bond donors (Lipinski definition) is 0. The van der Waals surface area contributed by atoms with E-state index in [1.54, 1.807) is 30.0 Å². The lowest BCUT2D eigenvalue weighted by Crippen LogP contribution is -2.23. The minimum Gasteiger partial charge on any atom is -0.305 e. The smallest absolute Gasteiger partial charge is 0.305 e. The summed E-state index contributed by atoms with van der Waals surface area (Å²) < 4.78 is 40.7. The summed E-state index contributed by atoms with van der Waals surface area (Å²) in [6, 6.07) is 9.47. The van der Waals surface area contributed by atoms with Gasteiger partial charge in [0.15, 0.2) is 11.0 Å². The molecule has 1 spiro atoms. The first-order valence-electron chi connectivity index (χ1n) is 12.0. The highest BCUT2D eigenvalue weighted by atomic mass is 32.2. The normalized spacial score (nSPS) is 24.4. The monoisotopic (exact) mass is 499 g/mol. The second-order valence-electron chi connectivity index (χ2n) is 9.83. The molecule has 9 heteroatoms. The van der Waals surface area contributed by atoms with Gasteiger partial charge in [-0.05, 0) is 80.8 Å². The van der Waals surface area contributed by atoms with E-state index in [0.29, 0.717) is 23.3 Å². The zero-order valence-corrected chi connectivity index (χ0v) is 20.5. The Kier molecular flexibility index (Phi) is 6.53. The summed E-state index contributed by atoms with van der Waals surface area (Å²) in [6.07, 6.45) is 2.85. The summed E-state index contributed by atoms with van der Waals surface area (Å²) in [7, 11) is 1.96. The Balaban J connectivity index is 1.08. The molecule has 2 aromatic rings. The summed E-state index contributed by atoms with van der Waals surface area (Å²) in [5.41, 5.74) is 2.67. The Morgan fingerprint density at radius 1 is 1.17 bits per heavy atom. The second-order valence-corrected chi connectivity index (χ2v) is 10.9. The minimum absolute atomic E-state index is 0.123. The molecule has 35 heavy (non-hydrogen) atoms. The SMILES string of the molecule is Cn1c(SCCCN2CCC3(CC3C3=CC=C(C(F)(F)F)CC3)C2)nnc1-c1ccc(C#N)cc1. The molecule has 2 unspecified atom stereocenters. The Morgan fingerprint density at radius 2 is 1.97 bits per heavy atom. The van der Waals surface area contributed by atoms with Crippen molar-refractivity contribution in [2.24, 2.45) is 18.4 Å². The van der Waals surface area contributed by atoms with E-state index in [2.05, 4.69) is 21.2 Å². The molecule has 5 nitrogen and oxygen atoms in total. The lowest BCUT2D eigenvalue weighted by atomic mass is 9.90. The van der Waals surface area contributed by atoms with Crippen molar-refractivity contribution in [1.29, 1.82) is 5.26 Å². The van der Waals surface area contributed by atoms with E-state index in [1.807, 2.05) is 23.7 Å². The lowest BCUT2D eigenvalue weighted by molar-refractivity contribution is -0.0941. The Bertz CT molecular complexity index is 1190. The molecule has 2 fully saturated rings. The number of likely N-dealkylation sites (tertiary alicyclic amines) is 1. The summed E-state index contributed by atoms with van der Waals surface area (Å²) in [5, 5.41) is 18.5. The van der Waals surface area contributed by atoms with Crippen LogP contribution in [-0.4, -0.2) is 51.2 Å². The van der Waals surface area contributed by atoms with Gasteiger partial charge >= 0.3 is 6.18 Å². The molecule has 0 N–H and O–H groups in total. The van der Waals surface area contributed by atoms with Gasteiger partial charge in [0.05, 0.1) is 11.6 Å². The highest BCUT2D eigenvalue weighted by Crippen LogP contribution is 2.62. The van der Waals surface area contributed by atoms with Gasteiger partial charge in [0.2, 0.25) is 0 Å². The first-order chi connectivity index (χ1) is 16.8. The fourth-order valence-corrected chi connectivity index (χ4v) is 6.35. The summed E-state index contributed by atoms with van der Waals surface area (Å²) in [5.74, 6) is 2.20. The second kappa shape index (κ2) is 9.47. The number of thioether (sulfide) groups is 1. The molecule has 5 rings (SSSR count). The molecule has 1 saturated carbocycles. The van der Waals surface area contributed by atoms with Crippen LogP contribution in [-0.2, 0) is 7.05 Å². The highest BCUT2D eigenvalue weighted by molar-refractivity contribution is 7.99. The summed E-state index contributed by atoms with van der Waals surface area (Å²) in [6.45, 7) is 3.16. The molecular formula is C26H28F3N5S. The van der Waals surface area contributed by atoms with Crippen molar-refractivity contribution >= 4 is 11.8 Å². The number of allylic oxidation sites excluding steroid dienone is 4. The third-order valence-electron chi connectivity index (χ3n) is 7.60. The number of alkyl halides is 3. The first kappa shape index (κ1) is 24.1. The van der Waals surface area contributed by atoms with Gasteiger partial charge < -0.3 is 9.47 Å². The van der Waals surface area contributed by atoms with Crippen molar-refractivity contribution in [3.05, 3.63) is 53.1 Å². The molecule has 1 aromatic carbocycles. The lowest BCUT2D eigenvalue weighted by Gasteiger charge is -2.19. The molecule has 1 aromatic heterocycles. The number of nitrogens with zero attached hydrogens (tertiary/aromatic N) is 5. The van der Waals surface area contributed by atoms with Crippen LogP contribution >= 0.6 is 11.8 Å². The van der Waals surface area contributed by atoms with Crippen LogP contribution in [0.1, 0.15) is 37.7 Å². The molecular weight excluding hydrogens is 471 g/mol. The van der Waals surface area contributed by atoms with Gasteiger partial charge in [0.1, 0.15) is 0 Å². The van der Waals surface area contributed by atoms with Gasteiger partial charge in [0.25, 0.3) is 0 Å². The van der Waals surface area contributed by atoms with Crippen LogP contribution in [0.5, 0.6) is 0 Å². The van der Waals surface area contributed by atoms with E-state index in [1.165, 1.54) is 11.6 Å². The molecule has 2 aliphatic carbocycles. The fraction of sp³-hybridized carbons (Fsp3) is 0.500. The van der Waals surface area contributed by atoms with E-state index in [0.717, 1.165) is 61.2 Å². The zero-order valence-electron chi connectivity index (χ0n) is 19.7. The minimum atomic E-state index is -4.19. The largest absolute Gasteiger partial charge is 0.412 e. The number of aromatic nitrogens is 3. The average Bonchev–Trinajstić information content (AvgIpc) is 3.20. The number of benzene rings is 1. The van der Waals surface area contributed by atoms with Gasteiger partial charge in [-0.1, -0.05) is 29.5 Å². The third-order valence-corrected chi connectivity index (χ3v) is 8.71. The van der Waals surface area contributed by atoms with Crippen molar-refractivity contribution < 1.29 is 13.2 Å². The highest BCUT2D eigenvalue weighted by Gasteiger charge is 2.58. The van der Waals surface area contributed by atoms with Gasteiger partial charge in [-0.3, -0.25) is 0 Å². The molecule has 3 aliphatic rings. The zero-order chi connectivity index (χ0) is 24.6. The van der Waals surface area contributed by atoms with Crippen molar-refractivity contribution in [3.63, 3.8) is 0 Å². The predicted octanol–water partition coefficient (Wildman–Crippen LogP) is 5.76. The van der Waals surface area contributed by atoms with Crippen LogP contribution in [0.15, 0.2) is 52.7 Å². The number of rotatable bonds is 7. The van der Waals surface area contributed by atoms with Crippen LogP contribution in [0.3, 0.4) is 0 Å². The average molecular weight is 500 g/mol. The first-order valence-corrected chi connectivity index (χ1v) is 13.0. The maximum Gasteiger partial charge on any atom is 0.412 e. The van der Waals surface area contributed by atoms with Crippen molar-refractivity contribution in [3.8, 4) is 17.5 Å². The quantitative estimate of drug-likeness (QED) is 0.358. The number of nitriles is 1. The van der Waals surface area contributed by atoms with E-state index in [-0.39, 0.29) is 6.42 Å². The summed E-state index contributed by atoms with van der Waals surface area (Å²) >= 11 is 1.70. The van der Waals surface area contributed by atoms with Crippen LogP contribution < -0.4 is 0 Å². The molecule has 2 heterocycles. The van der Waals surface area contributed by atoms with Crippen LogP contribution in [0, 0.1) is 22.7 Å². The molecule has 1 aliphatic heterocycles. The van der Waals surface area contributed by atoms with Crippen LogP contribution in [0.25, 0.3) is 11.4 Å². The van der Waals surface area contributed by atoms with Crippen LogP contribution in [0.4, 0.5) is 13.2 Å². The molecule has 2 atom stereocenters. The molecule has 0 amide bonds. The molecule has 0 bridgehead atoms. The molecule has 184 valence electrons. The van der Waals surface area contributed by atoms with E-state index < -0.39 is 11.7 Å². The van der Waals surface area contributed by atoms with Crippen molar-refractivity contribution in [2.45, 2.75) is 43.4 Å². The summed E-state index contributed by atoms with van der Waals surface area (Å²) in [4.78, 5) is 2.51. The topological polar surface area (TPSA) is 57.7 Å². The third kappa shape index (κ3) is 5.05. The number of hydrogen-bond acceptors (Lipinski definition) is 5. The van der Waals surface area contributed by atoms with Crippen LogP contribution in [0.2, 0.25) is 0 Å². The van der Waals surface area contributed by atoms with E-state index >= 15 is 0 Å². The Hall–Kier alpha value is -2.57. The number of halogens is 3. The van der Waals surface area contributed by atoms with Gasteiger partial charge in [0, 0.05) is 30.5 Å². The van der Waals surface area contributed by atoms with Gasteiger partial charge in [-0.2, -0.15) is 18.4 Å². The maximum atomic E-state index is 12.9. The fourth-order valence-electron chi connectivity index (χ4n) is 5.52. The standard InChI is InChI=1S/C26H28F3N5S/c1-33-23(20-5-3-18(16-30)4-6-20)31-32-24(33)35-14-2-12-34-13-11-25(17-34)15-22(25)19-7-9-21(10-8-19)26(27,28)29/h3-7,9,22H,2,8,10-15,17H2,1H3. The van der Waals surface area contributed by atoms with Crippen molar-refractivity contribution in [1.82, 2.24) is 19.7 Å². The Labute approximate surface area is 207 Å². The van der Waals surface area contributed by atoms with Gasteiger partial charge in [-0.25, -0.2) is 0 Å². The van der Waals surface area contributed by atoms with Gasteiger partial charge in [-0.15, -0.1) is 10.2 Å². The van der Waals surface area contributed by atoms with E-state index in [9.17, 15) is 13.2 Å².